The highest BCUT2D eigenvalue weighted by molar-refractivity contribution is 5.86. The van der Waals surface area contributed by atoms with Gasteiger partial charge in [0.15, 0.2) is 5.60 Å². The van der Waals surface area contributed by atoms with Crippen LogP contribution in [0.2, 0.25) is 0 Å². The first kappa shape index (κ1) is 21.2. The average molecular weight is 417 g/mol. The van der Waals surface area contributed by atoms with E-state index in [1.807, 2.05) is 36.5 Å². The van der Waals surface area contributed by atoms with Crippen molar-refractivity contribution >= 4 is 5.91 Å². The zero-order valence-electron chi connectivity index (χ0n) is 18.1. The molecule has 6 heteroatoms. The van der Waals surface area contributed by atoms with Crippen LogP contribution in [0.5, 0.6) is 0 Å². The SMILES string of the molecule is CN(C)C(=O)[C@]1(Cc2cccc(-c3cccnc3)c2)CN(Cc2ccncc2)CCO1. The molecular weight excluding hydrogens is 388 g/mol. The van der Waals surface area contributed by atoms with E-state index in [9.17, 15) is 4.79 Å². The Morgan fingerprint density at radius 1 is 1.03 bits per heavy atom. The van der Waals surface area contributed by atoms with Crippen molar-refractivity contribution in [2.24, 2.45) is 0 Å². The Balaban J connectivity index is 1.60. The molecule has 1 fully saturated rings. The number of hydrogen-bond acceptors (Lipinski definition) is 5. The zero-order chi connectivity index (χ0) is 21.7. The molecule has 0 unspecified atom stereocenters. The van der Waals surface area contributed by atoms with Crippen molar-refractivity contribution in [3.8, 4) is 11.1 Å². The normalized spacial score (nSPS) is 19.2. The van der Waals surface area contributed by atoms with Gasteiger partial charge in [-0.25, -0.2) is 0 Å². The van der Waals surface area contributed by atoms with Gasteiger partial charge in [0.05, 0.1) is 6.61 Å². The quantitative estimate of drug-likeness (QED) is 0.618. The minimum absolute atomic E-state index is 0.00120. The van der Waals surface area contributed by atoms with Crippen molar-refractivity contribution in [2.75, 3.05) is 33.8 Å². The van der Waals surface area contributed by atoms with Gasteiger partial charge in [0, 0.05) is 64.9 Å². The first-order valence-corrected chi connectivity index (χ1v) is 10.5. The summed E-state index contributed by atoms with van der Waals surface area (Å²) in [6, 6.07) is 16.3. The first-order valence-electron chi connectivity index (χ1n) is 10.5. The molecule has 2 aromatic heterocycles. The predicted molar refractivity (Wildman–Crippen MR) is 120 cm³/mol. The van der Waals surface area contributed by atoms with Crippen LogP contribution in [0, 0.1) is 0 Å². The van der Waals surface area contributed by atoms with Crippen molar-refractivity contribution in [3.05, 3.63) is 84.4 Å². The molecule has 0 N–H and O–H groups in total. The van der Waals surface area contributed by atoms with Crippen LogP contribution in [-0.4, -0.2) is 65.1 Å². The van der Waals surface area contributed by atoms with Gasteiger partial charge < -0.3 is 9.64 Å². The van der Waals surface area contributed by atoms with E-state index in [2.05, 4.69) is 33.1 Å². The van der Waals surface area contributed by atoms with Crippen LogP contribution in [-0.2, 0) is 22.5 Å². The number of morpholine rings is 1. The van der Waals surface area contributed by atoms with Crippen molar-refractivity contribution in [2.45, 2.75) is 18.6 Å². The van der Waals surface area contributed by atoms with Crippen LogP contribution in [0.3, 0.4) is 0 Å². The van der Waals surface area contributed by atoms with Gasteiger partial charge in [-0.1, -0.05) is 30.3 Å². The van der Waals surface area contributed by atoms with Crippen LogP contribution in [0.15, 0.2) is 73.3 Å². The number of nitrogens with zero attached hydrogens (tertiary/aromatic N) is 4. The summed E-state index contributed by atoms with van der Waals surface area (Å²) in [6.07, 6.45) is 7.75. The number of aromatic nitrogens is 2. The Labute approximate surface area is 183 Å². The summed E-state index contributed by atoms with van der Waals surface area (Å²) in [4.78, 5) is 25.6. The minimum Gasteiger partial charge on any atom is -0.362 e. The number of hydrogen-bond donors (Lipinski definition) is 0. The summed E-state index contributed by atoms with van der Waals surface area (Å²) in [5, 5.41) is 0. The van der Waals surface area contributed by atoms with Gasteiger partial charge in [-0.15, -0.1) is 0 Å². The lowest BCUT2D eigenvalue weighted by molar-refractivity contribution is -0.169. The van der Waals surface area contributed by atoms with Gasteiger partial charge in [0.25, 0.3) is 5.91 Å². The smallest absolute Gasteiger partial charge is 0.255 e. The van der Waals surface area contributed by atoms with Crippen LogP contribution in [0.4, 0.5) is 0 Å². The average Bonchev–Trinajstić information content (AvgIpc) is 2.80. The maximum Gasteiger partial charge on any atom is 0.255 e. The molecule has 0 aliphatic carbocycles. The molecule has 160 valence electrons. The molecule has 1 aliphatic heterocycles. The monoisotopic (exact) mass is 416 g/mol. The molecule has 3 heterocycles. The summed E-state index contributed by atoms with van der Waals surface area (Å²) in [6.45, 7) is 2.63. The highest BCUT2D eigenvalue weighted by Gasteiger charge is 2.44. The molecule has 6 nitrogen and oxygen atoms in total. The van der Waals surface area contributed by atoms with Gasteiger partial charge >= 0.3 is 0 Å². The van der Waals surface area contributed by atoms with Crippen LogP contribution >= 0.6 is 0 Å². The van der Waals surface area contributed by atoms with E-state index in [1.54, 1.807) is 37.6 Å². The molecule has 4 rings (SSSR count). The van der Waals surface area contributed by atoms with Crippen molar-refractivity contribution in [3.63, 3.8) is 0 Å². The standard InChI is InChI=1S/C25H28N4O2/c1-28(2)24(30)25(19-29(13-14-31-25)18-20-8-11-26-12-9-20)16-21-5-3-6-22(15-21)23-7-4-10-27-17-23/h3-12,15,17H,13-14,16,18-19H2,1-2H3/t25-/m0/s1. The Morgan fingerprint density at radius 2 is 1.84 bits per heavy atom. The summed E-state index contributed by atoms with van der Waals surface area (Å²) >= 11 is 0. The van der Waals surface area contributed by atoms with E-state index < -0.39 is 5.60 Å². The molecule has 0 saturated carbocycles. The van der Waals surface area contributed by atoms with Gasteiger partial charge in [-0.3, -0.25) is 19.7 Å². The van der Waals surface area contributed by atoms with Crippen molar-refractivity contribution < 1.29 is 9.53 Å². The fraction of sp³-hybridized carbons (Fsp3) is 0.320. The van der Waals surface area contributed by atoms with Crippen LogP contribution in [0.1, 0.15) is 11.1 Å². The molecule has 0 spiro atoms. The number of benzene rings is 1. The summed E-state index contributed by atoms with van der Waals surface area (Å²) in [5.41, 5.74) is 3.48. The highest BCUT2D eigenvalue weighted by Crippen LogP contribution is 2.28. The third-order valence-electron chi connectivity index (χ3n) is 5.63. The van der Waals surface area contributed by atoms with E-state index in [4.69, 9.17) is 4.74 Å². The lowest BCUT2D eigenvalue weighted by atomic mass is 9.89. The second-order valence-electron chi connectivity index (χ2n) is 8.23. The van der Waals surface area contributed by atoms with Crippen molar-refractivity contribution in [1.82, 2.24) is 19.8 Å². The maximum atomic E-state index is 13.3. The second-order valence-corrected chi connectivity index (χ2v) is 8.23. The third-order valence-corrected chi connectivity index (χ3v) is 5.63. The summed E-state index contributed by atoms with van der Waals surface area (Å²) in [5.74, 6) is -0.00120. The number of carbonyl (C=O) groups is 1. The predicted octanol–water partition coefficient (Wildman–Crippen LogP) is 3.05. The molecular formula is C25H28N4O2. The Hall–Kier alpha value is -3.09. The molecule has 1 atom stereocenters. The highest BCUT2D eigenvalue weighted by atomic mass is 16.5. The molecule has 1 aliphatic rings. The maximum absolute atomic E-state index is 13.3. The third kappa shape index (κ3) is 4.98. The molecule has 1 amide bonds. The number of pyridine rings is 2. The molecule has 1 aromatic carbocycles. The van der Waals surface area contributed by atoms with Crippen LogP contribution < -0.4 is 0 Å². The number of carbonyl (C=O) groups excluding carboxylic acids is 1. The Kier molecular flexibility index (Phi) is 6.39. The van der Waals surface area contributed by atoms with E-state index >= 15 is 0 Å². The molecule has 1 saturated heterocycles. The molecule has 0 bridgehead atoms. The van der Waals surface area contributed by atoms with Crippen molar-refractivity contribution in [1.29, 1.82) is 0 Å². The van der Waals surface area contributed by atoms with E-state index in [-0.39, 0.29) is 5.91 Å². The fourth-order valence-corrected chi connectivity index (χ4v) is 4.18. The largest absolute Gasteiger partial charge is 0.362 e. The number of likely N-dealkylation sites (N-methyl/N-ethyl adjacent to an activating group) is 1. The molecule has 0 radical (unpaired) electrons. The Bertz CT molecular complexity index is 1010. The lowest BCUT2D eigenvalue weighted by Crippen LogP contribution is -2.60. The number of ether oxygens (including phenoxy) is 1. The van der Waals surface area contributed by atoms with Crippen LogP contribution in [0.25, 0.3) is 11.1 Å². The second kappa shape index (κ2) is 9.37. The zero-order valence-corrected chi connectivity index (χ0v) is 18.1. The van der Waals surface area contributed by atoms with E-state index in [0.29, 0.717) is 19.6 Å². The summed E-state index contributed by atoms with van der Waals surface area (Å²) < 4.78 is 6.25. The topological polar surface area (TPSA) is 58.6 Å². The van der Waals surface area contributed by atoms with E-state index in [1.165, 1.54) is 5.56 Å². The van der Waals surface area contributed by atoms with Gasteiger partial charge in [-0.05, 0) is 40.5 Å². The number of rotatable bonds is 6. The van der Waals surface area contributed by atoms with Gasteiger partial charge in [0.1, 0.15) is 0 Å². The molecule has 31 heavy (non-hydrogen) atoms. The fourth-order valence-electron chi connectivity index (χ4n) is 4.18. The number of amides is 1. The summed E-state index contributed by atoms with van der Waals surface area (Å²) in [7, 11) is 3.59. The van der Waals surface area contributed by atoms with Gasteiger partial charge in [0.2, 0.25) is 0 Å². The lowest BCUT2D eigenvalue weighted by Gasteiger charge is -2.43. The Morgan fingerprint density at radius 3 is 2.58 bits per heavy atom. The van der Waals surface area contributed by atoms with Gasteiger partial charge in [-0.2, -0.15) is 0 Å². The molecule has 3 aromatic rings. The van der Waals surface area contributed by atoms with E-state index in [0.717, 1.165) is 29.8 Å². The first-order chi connectivity index (χ1) is 15.1. The minimum atomic E-state index is -0.914.